The third-order valence-electron chi connectivity index (χ3n) is 1.93. The summed E-state index contributed by atoms with van der Waals surface area (Å²) < 4.78 is 13.2. The Morgan fingerprint density at radius 3 is 2.93 bits per heavy atom. The van der Waals surface area contributed by atoms with Crippen molar-refractivity contribution in [2.45, 2.75) is 6.54 Å². The summed E-state index contributed by atoms with van der Waals surface area (Å²) in [4.78, 5) is 0. The van der Waals surface area contributed by atoms with Gasteiger partial charge in [0.05, 0.1) is 0 Å². The highest BCUT2D eigenvalue weighted by atomic mass is 32.2. The van der Waals surface area contributed by atoms with Crippen molar-refractivity contribution in [3.8, 4) is 0 Å². The lowest BCUT2D eigenvalue weighted by Crippen LogP contribution is -2.17. The predicted molar refractivity (Wildman–Crippen MR) is 65.6 cm³/mol. The van der Waals surface area contributed by atoms with Gasteiger partial charge in [-0.15, -0.1) is 6.58 Å². The van der Waals surface area contributed by atoms with Crippen LogP contribution in [0.5, 0.6) is 0 Å². The van der Waals surface area contributed by atoms with Crippen molar-refractivity contribution in [2.75, 3.05) is 18.1 Å². The van der Waals surface area contributed by atoms with Crippen molar-refractivity contribution in [2.24, 2.45) is 0 Å². The van der Waals surface area contributed by atoms with Crippen LogP contribution in [0.1, 0.15) is 5.56 Å². The van der Waals surface area contributed by atoms with Crippen LogP contribution in [-0.2, 0) is 6.54 Å². The van der Waals surface area contributed by atoms with E-state index in [-0.39, 0.29) is 5.82 Å². The summed E-state index contributed by atoms with van der Waals surface area (Å²) >= 11 is 1.82. The van der Waals surface area contributed by atoms with E-state index in [9.17, 15) is 4.39 Å². The topological polar surface area (TPSA) is 12.0 Å². The summed E-state index contributed by atoms with van der Waals surface area (Å²) in [6.07, 6.45) is 1.89. The molecule has 0 fully saturated rings. The minimum atomic E-state index is -0.135. The maximum atomic E-state index is 13.2. The predicted octanol–water partition coefficient (Wildman–Crippen LogP) is 2.83. The second kappa shape index (κ2) is 7.49. The van der Waals surface area contributed by atoms with Gasteiger partial charge in [0.2, 0.25) is 0 Å². The van der Waals surface area contributed by atoms with Crippen LogP contribution in [0.3, 0.4) is 0 Å². The van der Waals surface area contributed by atoms with Gasteiger partial charge >= 0.3 is 0 Å². The zero-order valence-electron chi connectivity index (χ0n) is 8.71. The highest BCUT2D eigenvalue weighted by Gasteiger charge is 1.98. The molecular formula is C12H16FNS. The Kier molecular flexibility index (Phi) is 6.12. The van der Waals surface area contributed by atoms with Crippen LogP contribution in [0.2, 0.25) is 0 Å². The molecule has 0 atom stereocenters. The van der Waals surface area contributed by atoms with Gasteiger partial charge in [-0.3, -0.25) is 0 Å². The molecule has 0 aliphatic heterocycles. The number of thioether (sulfide) groups is 1. The Labute approximate surface area is 94.8 Å². The minimum absolute atomic E-state index is 0.135. The molecule has 0 aromatic heterocycles. The molecule has 1 N–H and O–H groups in total. The van der Waals surface area contributed by atoms with Gasteiger partial charge in [0.25, 0.3) is 0 Å². The fourth-order valence-corrected chi connectivity index (χ4v) is 1.80. The zero-order chi connectivity index (χ0) is 10.9. The van der Waals surface area contributed by atoms with Crippen LogP contribution in [0.4, 0.5) is 4.39 Å². The van der Waals surface area contributed by atoms with Crippen LogP contribution in [-0.4, -0.2) is 18.1 Å². The SMILES string of the molecule is C=CCSCCNCc1ccccc1F. The third-order valence-corrected chi connectivity index (χ3v) is 2.90. The van der Waals surface area contributed by atoms with Crippen molar-refractivity contribution in [3.05, 3.63) is 48.3 Å². The molecule has 1 aromatic carbocycles. The molecule has 1 aromatic rings. The molecule has 0 radical (unpaired) electrons. The number of halogens is 1. The fraction of sp³-hybridized carbons (Fsp3) is 0.333. The summed E-state index contributed by atoms with van der Waals surface area (Å²) in [5, 5.41) is 3.21. The van der Waals surface area contributed by atoms with Crippen LogP contribution in [0.15, 0.2) is 36.9 Å². The Hall–Kier alpha value is -0.800. The Balaban J connectivity index is 2.15. The molecular weight excluding hydrogens is 209 g/mol. The van der Waals surface area contributed by atoms with Gasteiger partial charge in [0.15, 0.2) is 0 Å². The highest BCUT2D eigenvalue weighted by molar-refractivity contribution is 7.99. The second-order valence-corrected chi connectivity index (χ2v) is 4.28. The molecule has 0 saturated heterocycles. The summed E-state index contributed by atoms with van der Waals surface area (Å²) in [7, 11) is 0. The quantitative estimate of drug-likeness (QED) is 0.565. The van der Waals surface area contributed by atoms with E-state index in [1.165, 1.54) is 6.07 Å². The summed E-state index contributed by atoms with van der Waals surface area (Å²) in [6.45, 7) is 5.14. The van der Waals surface area contributed by atoms with E-state index in [0.29, 0.717) is 6.54 Å². The molecule has 0 aliphatic rings. The average molecular weight is 225 g/mol. The molecule has 82 valence electrons. The van der Waals surface area contributed by atoms with Crippen LogP contribution in [0.25, 0.3) is 0 Å². The summed E-state index contributed by atoms with van der Waals surface area (Å²) in [5.74, 6) is 1.87. The molecule has 0 aliphatic carbocycles. The lowest BCUT2D eigenvalue weighted by Gasteiger charge is -2.04. The second-order valence-electron chi connectivity index (χ2n) is 3.13. The van der Waals surface area contributed by atoms with Gasteiger partial charge < -0.3 is 5.32 Å². The normalized spacial score (nSPS) is 10.2. The molecule has 15 heavy (non-hydrogen) atoms. The first-order valence-corrected chi connectivity index (χ1v) is 6.13. The molecule has 1 rings (SSSR count). The van der Waals surface area contributed by atoms with Gasteiger partial charge in [-0.25, -0.2) is 4.39 Å². The molecule has 1 nitrogen and oxygen atoms in total. The van der Waals surface area contributed by atoms with Crippen LogP contribution < -0.4 is 5.32 Å². The van der Waals surface area contributed by atoms with Gasteiger partial charge in [-0.05, 0) is 6.07 Å². The van der Waals surface area contributed by atoms with Gasteiger partial charge in [-0.2, -0.15) is 11.8 Å². The molecule has 0 amide bonds. The zero-order valence-corrected chi connectivity index (χ0v) is 9.52. The van der Waals surface area contributed by atoms with Gasteiger partial charge in [-0.1, -0.05) is 24.3 Å². The van der Waals surface area contributed by atoms with Crippen molar-refractivity contribution in [1.29, 1.82) is 0 Å². The van der Waals surface area contributed by atoms with Crippen LogP contribution >= 0.6 is 11.8 Å². The number of benzene rings is 1. The van der Waals surface area contributed by atoms with Crippen LogP contribution in [0, 0.1) is 5.82 Å². The number of hydrogen-bond donors (Lipinski definition) is 1. The number of nitrogens with one attached hydrogen (secondary N) is 1. The minimum Gasteiger partial charge on any atom is -0.312 e. The van der Waals surface area contributed by atoms with Crippen molar-refractivity contribution in [3.63, 3.8) is 0 Å². The molecule has 0 saturated carbocycles. The van der Waals surface area contributed by atoms with E-state index >= 15 is 0 Å². The van der Waals surface area contributed by atoms with Crippen molar-refractivity contribution < 1.29 is 4.39 Å². The third kappa shape index (κ3) is 5.00. The maximum Gasteiger partial charge on any atom is 0.127 e. The maximum absolute atomic E-state index is 13.2. The van der Waals surface area contributed by atoms with Crippen molar-refractivity contribution >= 4 is 11.8 Å². The Morgan fingerprint density at radius 2 is 2.20 bits per heavy atom. The summed E-state index contributed by atoms with van der Waals surface area (Å²) in [5.41, 5.74) is 0.728. The summed E-state index contributed by atoms with van der Waals surface area (Å²) in [6, 6.07) is 6.86. The highest BCUT2D eigenvalue weighted by Crippen LogP contribution is 2.05. The first-order valence-electron chi connectivity index (χ1n) is 4.97. The standard InChI is InChI=1S/C12H16FNS/c1-2-8-15-9-7-14-10-11-5-3-4-6-12(11)13/h2-6,14H,1,7-10H2. The molecule has 0 unspecified atom stereocenters. The Bertz CT molecular complexity index is 301. The largest absolute Gasteiger partial charge is 0.312 e. The fourth-order valence-electron chi connectivity index (χ4n) is 1.18. The molecule has 0 spiro atoms. The first kappa shape index (κ1) is 12.3. The lowest BCUT2D eigenvalue weighted by molar-refractivity contribution is 0.594. The average Bonchev–Trinajstić information content (AvgIpc) is 2.25. The molecule has 0 heterocycles. The van der Waals surface area contributed by atoms with E-state index in [2.05, 4.69) is 11.9 Å². The van der Waals surface area contributed by atoms with E-state index in [1.54, 1.807) is 12.1 Å². The monoisotopic (exact) mass is 225 g/mol. The molecule has 0 bridgehead atoms. The molecule has 3 heteroatoms. The van der Waals surface area contributed by atoms with E-state index < -0.39 is 0 Å². The number of hydrogen-bond acceptors (Lipinski definition) is 2. The van der Waals surface area contributed by atoms with Crippen molar-refractivity contribution in [1.82, 2.24) is 5.32 Å². The van der Waals surface area contributed by atoms with E-state index in [4.69, 9.17) is 0 Å². The smallest absolute Gasteiger partial charge is 0.127 e. The van der Waals surface area contributed by atoms with Gasteiger partial charge in [0, 0.05) is 30.2 Å². The van der Waals surface area contributed by atoms with Gasteiger partial charge in [0.1, 0.15) is 5.82 Å². The first-order chi connectivity index (χ1) is 7.34. The van der Waals surface area contributed by atoms with E-state index in [1.807, 2.05) is 23.9 Å². The number of rotatable bonds is 7. The lowest BCUT2D eigenvalue weighted by atomic mass is 10.2. The van der Waals surface area contributed by atoms with E-state index in [0.717, 1.165) is 23.6 Å². The Morgan fingerprint density at radius 1 is 1.40 bits per heavy atom.